The number of para-hydroxylation sites is 1. The van der Waals surface area contributed by atoms with Crippen molar-refractivity contribution in [3.8, 4) is 0 Å². The summed E-state index contributed by atoms with van der Waals surface area (Å²) in [5.74, 6) is -0.427. The maximum Gasteiger partial charge on any atom is 0.273 e. The summed E-state index contributed by atoms with van der Waals surface area (Å²) in [4.78, 5) is 23.9. The molecular formula is C13H17N3O3. The number of amides is 1. The fraction of sp³-hybridized carbons (Fsp3) is 0.462. The van der Waals surface area contributed by atoms with Crippen molar-refractivity contribution in [1.29, 1.82) is 0 Å². The Morgan fingerprint density at radius 3 is 2.89 bits per heavy atom. The van der Waals surface area contributed by atoms with E-state index in [0.717, 1.165) is 19.4 Å². The number of hydrogen-bond donors (Lipinski definition) is 1. The highest BCUT2D eigenvalue weighted by atomic mass is 16.6. The standard InChI is InChI=1S/C13H17N3O3/c14-13(17)11-5-3-7-15(9-11)8-10-4-1-2-6-12(10)16(18)19/h1-2,4,6,11H,3,5,7-9H2,(H2,14,17). The van der Waals surface area contributed by atoms with E-state index in [-0.39, 0.29) is 22.4 Å². The summed E-state index contributed by atoms with van der Waals surface area (Å²) < 4.78 is 0. The number of piperidine rings is 1. The molecule has 0 saturated carbocycles. The highest BCUT2D eigenvalue weighted by Crippen LogP contribution is 2.23. The second-order valence-electron chi connectivity index (χ2n) is 4.86. The summed E-state index contributed by atoms with van der Waals surface area (Å²) in [6.45, 7) is 1.91. The van der Waals surface area contributed by atoms with Crippen LogP contribution < -0.4 is 5.73 Å². The predicted octanol–water partition coefficient (Wildman–Crippen LogP) is 1.29. The Morgan fingerprint density at radius 2 is 2.21 bits per heavy atom. The van der Waals surface area contributed by atoms with Gasteiger partial charge in [0.25, 0.3) is 5.69 Å². The third kappa shape index (κ3) is 3.29. The van der Waals surface area contributed by atoms with Crippen LogP contribution in [-0.4, -0.2) is 28.8 Å². The summed E-state index contributed by atoms with van der Waals surface area (Å²) in [5, 5.41) is 10.9. The lowest BCUT2D eigenvalue weighted by molar-refractivity contribution is -0.385. The third-order valence-electron chi connectivity index (χ3n) is 3.49. The maximum absolute atomic E-state index is 11.2. The van der Waals surface area contributed by atoms with Crippen molar-refractivity contribution < 1.29 is 9.72 Å². The topological polar surface area (TPSA) is 89.5 Å². The van der Waals surface area contributed by atoms with Gasteiger partial charge < -0.3 is 5.73 Å². The zero-order valence-corrected chi connectivity index (χ0v) is 10.6. The number of benzene rings is 1. The van der Waals surface area contributed by atoms with Gasteiger partial charge in [0.05, 0.1) is 10.8 Å². The minimum Gasteiger partial charge on any atom is -0.369 e. The molecular weight excluding hydrogens is 246 g/mol. The van der Waals surface area contributed by atoms with Crippen LogP contribution in [0.2, 0.25) is 0 Å². The molecule has 1 atom stereocenters. The zero-order chi connectivity index (χ0) is 13.8. The molecule has 0 radical (unpaired) electrons. The Morgan fingerprint density at radius 1 is 1.47 bits per heavy atom. The van der Waals surface area contributed by atoms with Crippen molar-refractivity contribution >= 4 is 11.6 Å². The van der Waals surface area contributed by atoms with Crippen LogP contribution in [-0.2, 0) is 11.3 Å². The molecule has 2 rings (SSSR count). The number of hydrogen-bond acceptors (Lipinski definition) is 4. The summed E-state index contributed by atoms with van der Waals surface area (Å²) in [5.41, 5.74) is 6.13. The molecule has 0 spiro atoms. The number of carbonyl (C=O) groups is 1. The average Bonchev–Trinajstić information content (AvgIpc) is 2.39. The van der Waals surface area contributed by atoms with Gasteiger partial charge in [0, 0.05) is 24.7 Å². The first-order valence-electron chi connectivity index (χ1n) is 6.32. The lowest BCUT2D eigenvalue weighted by Gasteiger charge is -2.30. The SMILES string of the molecule is NC(=O)C1CCCN(Cc2ccccc2[N+](=O)[O-])C1. The number of rotatable bonds is 4. The van der Waals surface area contributed by atoms with Crippen LogP contribution in [0.5, 0.6) is 0 Å². The van der Waals surface area contributed by atoms with Crippen molar-refractivity contribution in [1.82, 2.24) is 4.90 Å². The molecule has 19 heavy (non-hydrogen) atoms. The van der Waals surface area contributed by atoms with Crippen molar-refractivity contribution in [2.24, 2.45) is 11.7 Å². The first-order chi connectivity index (χ1) is 9.08. The molecule has 6 nitrogen and oxygen atoms in total. The molecule has 1 aromatic rings. The third-order valence-corrected chi connectivity index (χ3v) is 3.49. The van der Waals surface area contributed by atoms with Gasteiger partial charge in [-0.05, 0) is 19.4 Å². The van der Waals surface area contributed by atoms with E-state index >= 15 is 0 Å². The lowest BCUT2D eigenvalue weighted by atomic mass is 9.97. The molecule has 2 N–H and O–H groups in total. The molecule has 0 bridgehead atoms. The van der Waals surface area contributed by atoms with Crippen LogP contribution in [0, 0.1) is 16.0 Å². The average molecular weight is 263 g/mol. The molecule has 1 aliphatic heterocycles. The molecule has 1 saturated heterocycles. The number of carbonyl (C=O) groups excluding carboxylic acids is 1. The second kappa shape index (κ2) is 5.79. The quantitative estimate of drug-likeness (QED) is 0.654. The second-order valence-corrected chi connectivity index (χ2v) is 4.86. The zero-order valence-electron chi connectivity index (χ0n) is 10.6. The first kappa shape index (κ1) is 13.5. The highest BCUT2D eigenvalue weighted by molar-refractivity contribution is 5.76. The van der Waals surface area contributed by atoms with Crippen LogP contribution >= 0.6 is 0 Å². The summed E-state index contributed by atoms with van der Waals surface area (Å²) in [7, 11) is 0. The molecule has 1 aromatic carbocycles. The molecule has 0 aliphatic carbocycles. The van der Waals surface area contributed by atoms with Gasteiger partial charge in [0.15, 0.2) is 0 Å². The number of nitrogens with two attached hydrogens (primary N) is 1. The Balaban J connectivity index is 2.09. The van der Waals surface area contributed by atoms with E-state index in [1.165, 1.54) is 6.07 Å². The number of nitro groups is 1. The van der Waals surface area contributed by atoms with Crippen LogP contribution in [0.1, 0.15) is 18.4 Å². The highest BCUT2D eigenvalue weighted by Gasteiger charge is 2.25. The van der Waals surface area contributed by atoms with E-state index < -0.39 is 0 Å². The van der Waals surface area contributed by atoms with Gasteiger partial charge in [-0.1, -0.05) is 18.2 Å². The molecule has 1 heterocycles. The fourth-order valence-corrected chi connectivity index (χ4v) is 2.49. The minimum absolute atomic E-state index is 0.128. The van der Waals surface area contributed by atoms with E-state index in [4.69, 9.17) is 5.73 Å². The Labute approximate surface area is 111 Å². The van der Waals surface area contributed by atoms with Crippen molar-refractivity contribution in [3.05, 3.63) is 39.9 Å². The largest absolute Gasteiger partial charge is 0.369 e. The molecule has 0 aromatic heterocycles. The van der Waals surface area contributed by atoms with Crippen LogP contribution in [0.25, 0.3) is 0 Å². The number of nitro benzene ring substituents is 1. The van der Waals surface area contributed by atoms with Gasteiger partial charge in [0.1, 0.15) is 0 Å². The smallest absolute Gasteiger partial charge is 0.273 e. The summed E-state index contributed by atoms with van der Waals surface area (Å²) in [6, 6.07) is 6.71. The van der Waals surface area contributed by atoms with Gasteiger partial charge >= 0.3 is 0 Å². The van der Waals surface area contributed by atoms with E-state index in [9.17, 15) is 14.9 Å². The maximum atomic E-state index is 11.2. The summed E-state index contributed by atoms with van der Waals surface area (Å²) >= 11 is 0. The van der Waals surface area contributed by atoms with E-state index in [1.807, 2.05) is 0 Å². The fourth-order valence-electron chi connectivity index (χ4n) is 2.49. The Hall–Kier alpha value is -1.95. The van der Waals surface area contributed by atoms with E-state index in [0.29, 0.717) is 18.7 Å². The monoisotopic (exact) mass is 263 g/mol. The molecule has 1 unspecified atom stereocenters. The molecule has 1 amide bonds. The van der Waals surface area contributed by atoms with E-state index in [1.54, 1.807) is 18.2 Å². The van der Waals surface area contributed by atoms with Gasteiger partial charge in [0.2, 0.25) is 5.91 Å². The first-order valence-corrected chi connectivity index (χ1v) is 6.32. The molecule has 6 heteroatoms. The van der Waals surface area contributed by atoms with Crippen LogP contribution in [0.4, 0.5) is 5.69 Å². The number of likely N-dealkylation sites (tertiary alicyclic amines) is 1. The van der Waals surface area contributed by atoms with Crippen molar-refractivity contribution in [2.45, 2.75) is 19.4 Å². The number of primary amides is 1. The lowest BCUT2D eigenvalue weighted by Crippen LogP contribution is -2.40. The van der Waals surface area contributed by atoms with Crippen LogP contribution in [0.15, 0.2) is 24.3 Å². The van der Waals surface area contributed by atoms with E-state index in [2.05, 4.69) is 4.90 Å². The van der Waals surface area contributed by atoms with Crippen molar-refractivity contribution in [3.63, 3.8) is 0 Å². The molecule has 102 valence electrons. The van der Waals surface area contributed by atoms with Gasteiger partial charge in [-0.15, -0.1) is 0 Å². The molecule has 1 aliphatic rings. The normalized spacial score (nSPS) is 20.1. The Bertz CT molecular complexity index is 490. The number of nitrogens with zero attached hydrogens (tertiary/aromatic N) is 2. The minimum atomic E-state index is -0.370. The van der Waals surface area contributed by atoms with Gasteiger partial charge in [-0.3, -0.25) is 19.8 Å². The molecule has 1 fully saturated rings. The van der Waals surface area contributed by atoms with Gasteiger partial charge in [-0.25, -0.2) is 0 Å². The van der Waals surface area contributed by atoms with Crippen molar-refractivity contribution in [2.75, 3.05) is 13.1 Å². The van der Waals surface area contributed by atoms with Crippen LogP contribution in [0.3, 0.4) is 0 Å². The predicted molar refractivity (Wildman–Crippen MR) is 70.3 cm³/mol. The van der Waals surface area contributed by atoms with Gasteiger partial charge in [-0.2, -0.15) is 0 Å². The summed E-state index contributed by atoms with van der Waals surface area (Å²) in [6.07, 6.45) is 1.71. The Kier molecular flexibility index (Phi) is 4.11.